The third-order valence-electron chi connectivity index (χ3n) is 5.81. The number of ketones is 1. The molecule has 0 bridgehead atoms. The van der Waals surface area contributed by atoms with Crippen LogP contribution in [-0.2, 0) is 9.68 Å². The van der Waals surface area contributed by atoms with Gasteiger partial charge in [-0.3, -0.25) is 4.79 Å². The van der Waals surface area contributed by atoms with Crippen LogP contribution in [0.5, 0.6) is 11.5 Å². The van der Waals surface area contributed by atoms with Crippen LogP contribution in [0.3, 0.4) is 0 Å². The predicted molar refractivity (Wildman–Crippen MR) is 183 cm³/mol. The number of hydrogen-bond donors (Lipinski definition) is 3. The van der Waals surface area contributed by atoms with Gasteiger partial charge in [0.25, 0.3) is 0 Å². The minimum absolute atomic E-state index is 0.0502. The van der Waals surface area contributed by atoms with E-state index in [-0.39, 0.29) is 18.1 Å². The largest absolute Gasteiger partial charge is 0.487 e. The van der Waals surface area contributed by atoms with E-state index < -0.39 is 33.1 Å². The van der Waals surface area contributed by atoms with Crippen molar-refractivity contribution in [1.29, 1.82) is 0 Å². The maximum Gasteiger partial charge on any atom is 0.487 e. The molecule has 0 spiro atoms. The normalized spacial score (nSPS) is 11.0. The van der Waals surface area contributed by atoms with Crippen molar-refractivity contribution in [2.45, 2.75) is 5.57 Å². The van der Waals surface area contributed by atoms with Crippen molar-refractivity contribution < 1.29 is 48.7 Å². The molecule has 15 heteroatoms. The van der Waals surface area contributed by atoms with Crippen LogP contribution in [-0.4, -0.2) is 54.7 Å². The summed E-state index contributed by atoms with van der Waals surface area (Å²) in [5, 5.41) is 21.8. The topological polar surface area (TPSA) is 133 Å². The number of nitrogens with two attached hydrogens (primary N) is 1. The van der Waals surface area contributed by atoms with Gasteiger partial charge in [-0.15, -0.1) is 8.78 Å². The molecule has 4 N–H and O–H groups in total. The number of carbonyl (C=O) groups excluding carboxylic acids is 1. The fourth-order valence-corrected chi connectivity index (χ4v) is 4.12. The van der Waals surface area contributed by atoms with Gasteiger partial charge in [-0.2, -0.15) is 0 Å². The van der Waals surface area contributed by atoms with E-state index in [9.17, 15) is 24.4 Å². The van der Waals surface area contributed by atoms with Crippen molar-refractivity contribution in [3.8, 4) is 43.8 Å². The summed E-state index contributed by atoms with van der Waals surface area (Å²) in [4.78, 5) is 19.7. The number of Topliss-reactive ketones (excluding diaryl/α,β-unsaturated/α-hetero) is 1. The number of rotatable bonds is 10. The molecule has 0 heterocycles. The number of carbonyl (C=O) groups is 1. The number of oxime groups is 1. The van der Waals surface area contributed by atoms with E-state index in [0.29, 0.717) is 17.0 Å². The van der Waals surface area contributed by atoms with Crippen LogP contribution < -0.4 is 15.4 Å². The van der Waals surface area contributed by atoms with E-state index in [1.807, 2.05) is 42.5 Å². The minimum atomic E-state index is -4.07. The van der Waals surface area contributed by atoms with Gasteiger partial charge in [0.15, 0.2) is 5.78 Å². The Morgan fingerprint density at radius 2 is 1.21 bits per heavy atom. The molecular weight excluding hydrogens is 775 g/mol. The summed E-state index contributed by atoms with van der Waals surface area (Å²) in [6, 6.07) is 26.9. The first-order valence-corrected chi connectivity index (χ1v) is 16.5. The zero-order valence-electron chi connectivity index (χ0n) is 25.4. The van der Waals surface area contributed by atoms with Gasteiger partial charge >= 0.3 is 124 Å². The average molecular weight is 805 g/mol. The smallest absolute Gasteiger partial charge is 0.420 e. The molecule has 0 saturated carbocycles. The summed E-state index contributed by atoms with van der Waals surface area (Å²) in [5.41, 5.74) is 1.31. The van der Waals surface area contributed by atoms with E-state index in [0.717, 1.165) is 27.8 Å². The molecule has 0 atom stereocenters. The molecule has 0 radical (unpaired) electrons. The molecule has 0 saturated heterocycles. The summed E-state index contributed by atoms with van der Waals surface area (Å²) in [5.74, 6) is 4.34. The number of alkyl halides is 3. The van der Waals surface area contributed by atoms with Crippen LogP contribution in [0, 0.1) is 10.0 Å². The molecule has 0 aliphatic carbocycles. The van der Waals surface area contributed by atoms with Gasteiger partial charge in [0, 0.05) is 17.2 Å². The number of nitrogens with zero attached hydrogens (tertiary/aromatic N) is 1. The Labute approximate surface area is 287 Å². The van der Waals surface area contributed by atoms with Crippen molar-refractivity contribution in [2.75, 3.05) is 27.4 Å². The Balaban J connectivity index is 0.000000310. The van der Waals surface area contributed by atoms with E-state index in [4.69, 9.17) is 9.84 Å². The van der Waals surface area contributed by atoms with Crippen molar-refractivity contribution in [1.82, 2.24) is 0 Å². The van der Waals surface area contributed by atoms with Gasteiger partial charge in [0.05, 0.1) is 13.7 Å². The molecule has 9 nitrogen and oxygen atoms in total. The van der Waals surface area contributed by atoms with Crippen LogP contribution in [0.15, 0.2) is 102 Å². The number of aliphatic hydroxyl groups excluding tert-OH is 2. The van der Waals surface area contributed by atoms with Gasteiger partial charge in [0.2, 0.25) is 0 Å². The molecule has 4 aromatic carbocycles. The Morgan fingerprint density at radius 3 is 1.58 bits per heavy atom. The third kappa shape index (κ3) is 14.3. The number of hydrogen-bond acceptors (Lipinski definition) is 9. The zero-order chi connectivity index (χ0) is 35.5. The summed E-state index contributed by atoms with van der Waals surface area (Å²) in [6.07, 6.45) is 2.02. The molecule has 0 aromatic heterocycles. The second-order valence-electron chi connectivity index (χ2n) is 8.94. The Morgan fingerprint density at radius 1 is 0.792 bits per heavy atom. The molecule has 48 heavy (non-hydrogen) atoms. The summed E-state index contributed by atoms with van der Waals surface area (Å²) < 4.78 is 60.0. The molecular formula is C33H30ClF4IN2O7. The maximum atomic E-state index is 12.5. The number of benzene rings is 4. The Kier molecular flexibility index (Phi) is 17.4. The van der Waals surface area contributed by atoms with Crippen LogP contribution >= 0.6 is 32.6 Å². The van der Waals surface area contributed by atoms with Crippen molar-refractivity contribution >= 4 is 44.1 Å². The summed E-state index contributed by atoms with van der Waals surface area (Å²) in [7, 11) is 2.82. The molecule has 0 aliphatic heterocycles. The monoisotopic (exact) mass is 804 g/mol. The minimum Gasteiger partial charge on any atom is -0.420 e. The summed E-state index contributed by atoms with van der Waals surface area (Å²) >= 11 is 0.609. The van der Waals surface area contributed by atoms with E-state index in [2.05, 4.69) is 37.1 Å². The van der Waals surface area contributed by atoms with E-state index in [1.165, 1.54) is 26.4 Å². The molecule has 4 rings (SSSR count). The second-order valence-corrected chi connectivity index (χ2v) is 11.0. The van der Waals surface area contributed by atoms with Crippen molar-refractivity contribution in [3.05, 3.63) is 108 Å². The average Bonchev–Trinajstić information content (AvgIpc) is 3.07. The van der Waals surface area contributed by atoms with Gasteiger partial charge in [-0.05, 0) is 23.3 Å². The van der Waals surface area contributed by atoms with Crippen LogP contribution in [0.2, 0.25) is 0 Å². The Hall–Kier alpha value is -4.24. The first-order chi connectivity index (χ1) is 22.9. The fraction of sp³-hybridized carbons (Fsp3) is 0.152. The number of aliphatic hydroxyl groups is 2. The predicted octanol–water partition coefficient (Wildman–Crippen LogP) is 7.47. The SMILES string of the molecule is CO/N=C(\CO)c1ccc(-c2ccc(OC#CI(F)F)cc2)cc1.CON.O=C(CO)c1ccc(-c2ccc(OC(F)(F)Cl)cc2)cc1. The second kappa shape index (κ2) is 20.9. The quantitative estimate of drug-likeness (QED) is 0.0286. The van der Waals surface area contributed by atoms with Crippen LogP contribution in [0.25, 0.3) is 22.3 Å². The standard InChI is InChI=1S/C17H14F2INO3.C15H11ClF2O3.CH5NO/c1-23-21-17(12-22)15-4-2-13(3-5-15)14-6-8-16(9-7-14)24-11-10-20(18)19;16-15(17,18)21-13-7-5-11(6-8-13)10-1-3-12(4-2-10)14(20)9-19;1-3-2/h2-9,22H,12H2,1H3;1-8,19H,9H2;2H2,1H3/b21-17+;;. The number of ether oxygens (including phenoxy) is 2. The molecule has 4 aromatic rings. The van der Waals surface area contributed by atoms with Gasteiger partial charge < -0.3 is 24.6 Å². The Bertz CT molecular complexity index is 1640. The van der Waals surface area contributed by atoms with Crippen LogP contribution in [0.1, 0.15) is 15.9 Å². The van der Waals surface area contributed by atoms with Crippen molar-refractivity contribution in [3.63, 3.8) is 0 Å². The molecule has 0 aliphatic rings. The molecule has 0 unspecified atom stereocenters. The third-order valence-corrected chi connectivity index (χ3v) is 6.51. The maximum absolute atomic E-state index is 12.5. The van der Waals surface area contributed by atoms with Crippen molar-refractivity contribution in [2.24, 2.45) is 11.1 Å². The molecule has 0 fully saturated rings. The van der Waals surface area contributed by atoms with Gasteiger partial charge in [-0.1, -0.05) is 41.6 Å². The van der Waals surface area contributed by atoms with E-state index in [1.54, 1.807) is 52.5 Å². The fourth-order valence-electron chi connectivity index (χ4n) is 3.75. The van der Waals surface area contributed by atoms with Gasteiger partial charge in [0.1, 0.15) is 19.5 Å². The zero-order valence-corrected chi connectivity index (χ0v) is 28.3. The van der Waals surface area contributed by atoms with E-state index >= 15 is 0 Å². The van der Waals surface area contributed by atoms with Gasteiger partial charge in [-0.25, -0.2) is 5.90 Å². The number of halogens is 6. The molecule has 256 valence electrons. The summed E-state index contributed by atoms with van der Waals surface area (Å²) in [6.45, 7) is -0.764. The first kappa shape index (κ1) is 39.9. The van der Waals surface area contributed by atoms with Crippen LogP contribution in [0.4, 0.5) is 14.5 Å². The molecule has 0 amide bonds. The first-order valence-electron chi connectivity index (χ1n) is 13.4.